The second-order valence-corrected chi connectivity index (χ2v) is 7.06. The topological polar surface area (TPSA) is 3.24 Å². The summed E-state index contributed by atoms with van der Waals surface area (Å²) in [6.45, 7) is 7.29. The van der Waals surface area contributed by atoms with Gasteiger partial charge in [-0.2, -0.15) is 0 Å². The molecular formula is C14H18BrClFN. The maximum Gasteiger partial charge on any atom is 0.128 e. The molecule has 1 aromatic rings. The summed E-state index contributed by atoms with van der Waals surface area (Å²) in [7, 11) is 0. The Bertz CT molecular complexity index is 438. The second kappa shape index (κ2) is 5.48. The van der Waals surface area contributed by atoms with Crippen LogP contribution >= 0.6 is 27.5 Å². The molecule has 0 saturated carbocycles. The fourth-order valence-corrected chi connectivity index (χ4v) is 2.74. The lowest BCUT2D eigenvalue weighted by Gasteiger charge is -2.37. The van der Waals surface area contributed by atoms with Crippen LogP contribution in [0.1, 0.15) is 32.3 Å². The molecule has 0 atom stereocenters. The Kier molecular flexibility index (Phi) is 4.35. The van der Waals surface area contributed by atoms with Crippen molar-refractivity contribution in [3.05, 3.63) is 33.0 Å². The molecular weight excluding hydrogens is 317 g/mol. The fraction of sp³-hybridized carbons (Fsp3) is 0.571. The molecule has 1 aliphatic heterocycles. The molecule has 0 radical (unpaired) electrons. The van der Waals surface area contributed by atoms with Gasteiger partial charge in [-0.05, 0) is 59.4 Å². The van der Waals surface area contributed by atoms with Gasteiger partial charge in [0.25, 0.3) is 0 Å². The fourth-order valence-electron chi connectivity index (χ4n) is 2.24. The highest BCUT2D eigenvalue weighted by Crippen LogP contribution is 2.31. The van der Waals surface area contributed by atoms with Gasteiger partial charge in [-0.15, -0.1) is 0 Å². The maximum absolute atomic E-state index is 13.8. The number of likely N-dealkylation sites (tertiary alicyclic amines) is 1. The van der Waals surface area contributed by atoms with Gasteiger partial charge in [0.1, 0.15) is 5.82 Å². The standard InChI is InChI=1S/C14H18BrClFN/c1-14(2)3-5-18(6-4-14)9-10-7-12(16)11(15)8-13(10)17/h7-8H,3-6,9H2,1-2H3. The van der Waals surface area contributed by atoms with Crippen LogP contribution in [-0.2, 0) is 6.54 Å². The average molecular weight is 335 g/mol. The molecule has 1 nitrogen and oxygen atoms in total. The minimum absolute atomic E-state index is 0.184. The van der Waals surface area contributed by atoms with E-state index in [0.717, 1.165) is 13.1 Å². The van der Waals surface area contributed by atoms with Crippen LogP contribution < -0.4 is 0 Å². The van der Waals surface area contributed by atoms with Gasteiger partial charge in [0.05, 0.1) is 5.02 Å². The van der Waals surface area contributed by atoms with Gasteiger partial charge in [0.15, 0.2) is 0 Å². The van der Waals surface area contributed by atoms with E-state index in [1.807, 2.05) is 0 Å². The third-order valence-electron chi connectivity index (χ3n) is 3.69. The molecule has 1 heterocycles. The minimum Gasteiger partial charge on any atom is -0.299 e. The Morgan fingerprint density at radius 2 is 1.94 bits per heavy atom. The highest BCUT2D eigenvalue weighted by molar-refractivity contribution is 9.10. The van der Waals surface area contributed by atoms with Gasteiger partial charge in [-0.25, -0.2) is 4.39 Å². The van der Waals surface area contributed by atoms with E-state index in [1.54, 1.807) is 6.07 Å². The lowest BCUT2D eigenvalue weighted by Crippen LogP contribution is -2.36. The Hall–Kier alpha value is -0.120. The summed E-state index contributed by atoms with van der Waals surface area (Å²) in [5.74, 6) is -0.184. The van der Waals surface area contributed by atoms with Crippen molar-refractivity contribution in [2.45, 2.75) is 33.2 Å². The van der Waals surface area contributed by atoms with E-state index in [1.165, 1.54) is 18.9 Å². The summed E-state index contributed by atoms with van der Waals surface area (Å²) in [6, 6.07) is 3.17. The van der Waals surface area contributed by atoms with Gasteiger partial charge < -0.3 is 0 Å². The van der Waals surface area contributed by atoms with E-state index >= 15 is 0 Å². The summed E-state index contributed by atoms with van der Waals surface area (Å²) in [6.07, 6.45) is 2.33. The first-order valence-corrected chi connectivity index (χ1v) is 7.40. The van der Waals surface area contributed by atoms with Gasteiger partial charge in [-0.1, -0.05) is 25.4 Å². The average Bonchev–Trinajstić information content (AvgIpc) is 2.28. The number of hydrogen-bond donors (Lipinski definition) is 0. The summed E-state index contributed by atoms with van der Waals surface area (Å²) in [5, 5.41) is 0.573. The molecule has 2 rings (SSSR count). The van der Waals surface area contributed by atoms with Crippen LogP contribution in [0, 0.1) is 11.2 Å². The van der Waals surface area contributed by atoms with E-state index < -0.39 is 0 Å². The molecule has 0 bridgehead atoms. The molecule has 1 aromatic carbocycles. The van der Waals surface area contributed by atoms with Crippen molar-refractivity contribution in [3.8, 4) is 0 Å². The summed E-state index contributed by atoms with van der Waals surface area (Å²) in [5.41, 5.74) is 1.11. The number of piperidine rings is 1. The molecule has 0 aliphatic carbocycles. The zero-order valence-electron chi connectivity index (χ0n) is 10.8. The number of rotatable bonds is 2. The van der Waals surface area contributed by atoms with Crippen LogP contribution in [0.2, 0.25) is 5.02 Å². The highest BCUT2D eigenvalue weighted by atomic mass is 79.9. The first-order chi connectivity index (χ1) is 8.37. The van der Waals surface area contributed by atoms with E-state index in [4.69, 9.17) is 11.6 Å². The first-order valence-electron chi connectivity index (χ1n) is 6.23. The van der Waals surface area contributed by atoms with E-state index in [2.05, 4.69) is 34.7 Å². The van der Waals surface area contributed by atoms with Gasteiger partial charge >= 0.3 is 0 Å². The van der Waals surface area contributed by atoms with E-state index in [0.29, 0.717) is 27.0 Å². The molecule has 1 aliphatic rings. The second-order valence-electron chi connectivity index (χ2n) is 5.80. The van der Waals surface area contributed by atoms with Crippen molar-refractivity contribution in [2.75, 3.05) is 13.1 Å². The Balaban J connectivity index is 2.04. The predicted octanol–water partition coefficient (Wildman–Crippen LogP) is 4.86. The molecule has 1 fully saturated rings. The Morgan fingerprint density at radius 1 is 1.33 bits per heavy atom. The quantitative estimate of drug-likeness (QED) is 0.698. The largest absolute Gasteiger partial charge is 0.299 e. The third-order valence-corrected chi connectivity index (χ3v) is 4.89. The summed E-state index contributed by atoms with van der Waals surface area (Å²) < 4.78 is 14.4. The van der Waals surface area contributed by atoms with E-state index in [9.17, 15) is 4.39 Å². The molecule has 0 spiro atoms. The minimum atomic E-state index is -0.184. The normalized spacial score (nSPS) is 20.1. The molecule has 0 amide bonds. The SMILES string of the molecule is CC1(C)CCN(Cc2cc(Cl)c(Br)cc2F)CC1. The molecule has 1 saturated heterocycles. The van der Waals surface area contributed by atoms with Crippen molar-refractivity contribution in [3.63, 3.8) is 0 Å². The van der Waals surface area contributed by atoms with E-state index in [-0.39, 0.29) is 5.82 Å². The molecule has 100 valence electrons. The predicted molar refractivity (Wildman–Crippen MR) is 77.4 cm³/mol. The first kappa shape index (κ1) is 14.3. The zero-order chi connectivity index (χ0) is 13.3. The van der Waals surface area contributed by atoms with Crippen LogP contribution in [0.5, 0.6) is 0 Å². The van der Waals surface area contributed by atoms with Crippen molar-refractivity contribution in [2.24, 2.45) is 5.41 Å². The van der Waals surface area contributed by atoms with Crippen LogP contribution in [0.3, 0.4) is 0 Å². The highest BCUT2D eigenvalue weighted by Gasteiger charge is 2.25. The van der Waals surface area contributed by atoms with Crippen LogP contribution in [0.15, 0.2) is 16.6 Å². The van der Waals surface area contributed by atoms with Crippen LogP contribution in [-0.4, -0.2) is 18.0 Å². The lowest BCUT2D eigenvalue weighted by atomic mass is 9.82. The molecule has 0 unspecified atom stereocenters. The number of benzene rings is 1. The maximum atomic E-state index is 13.8. The molecule has 0 N–H and O–H groups in total. The Morgan fingerprint density at radius 3 is 2.56 bits per heavy atom. The van der Waals surface area contributed by atoms with Crippen molar-refractivity contribution in [1.82, 2.24) is 4.90 Å². The van der Waals surface area contributed by atoms with Crippen molar-refractivity contribution < 1.29 is 4.39 Å². The van der Waals surface area contributed by atoms with Crippen molar-refractivity contribution >= 4 is 27.5 Å². The number of nitrogens with zero attached hydrogens (tertiary/aromatic N) is 1. The molecule has 4 heteroatoms. The summed E-state index contributed by atoms with van der Waals surface area (Å²) in [4.78, 5) is 2.30. The van der Waals surface area contributed by atoms with Gasteiger partial charge in [-0.3, -0.25) is 4.90 Å². The van der Waals surface area contributed by atoms with Crippen LogP contribution in [0.4, 0.5) is 4.39 Å². The smallest absolute Gasteiger partial charge is 0.128 e. The number of hydrogen-bond acceptors (Lipinski definition) is 1. The lowest BCUT2D eigenvalue weighted by molar-refractivity contribution is 0.126. The van der Waals surface area contributed by atoms with Gasteiger partial charge in [0.2, 0.25) is 0 Å². The van der Waals surface area contributed by atoms with Crippen molar-refractivity contribution in [1.29, 1.82) is 0 Å². The third kappa shape index (κ3) is 3.46. The zero-order valence-corrected chi connectivity index (χ0v) is 13.1. The number of halogens is 3. The Labute approximate surface area is 121 Å². The molecule has 18 heavy (non-hydrogen) atoms. The summed E-state index contributed by atoms with van der Waals surface area (Å²) >= 11 is 9.25. The van der Waals surface area contributed by atoms with Gasteiger partial charge in [0, 0.05) is 16.6 Å². The molecule has 0 aromatic heterocycles. The monoisotopic (exact) mass is 333 g/mol. The van der Waals surface area contributed by atoms with Crippen LogP contribution in [0.25, 0.3) is 0 Å².